The van der Waals surface area contributed by atoms with Crippen LogP contribution in [0.25, 0.3) is 0 Å². The molecule has 0 aliphatic rings. The minimum Gasteiger partial charge on any atom is -0.352 e. The molecule has 1 atom stereocenters. The summed E-state index contributed by atoms with van der Waals surface area (Å²) in [6.07, 6.45) is 1.38. The van der Waals surface area contributed by atoms with Crippen LogP contribution >= 0.6 is 23.2 Å². The van der Waals surface area contributed by atoms with Gasteiger partial charge < -0.3 is 10.2 Å². The maximum Gasteiger partial charge on any atom is 0.244 e. The zero-order chi connectivity index (χ0) is 25.6. The van der Waals surface area contributed by atoms with Crippen LogP contribution in [0, 0.1) is 6.92 Å². The first kappa shape index (κ1) is 28.0. The van der Waals surface area contributed by atoms with E-state index in [1.807, 2.05) is 13.8 Å². The van der Waals surface area contributed by atoms with Gasteiger partial charge in [-0.1, -0.05) is 48.3 Å². The summed E-state index contributed by atoms with van der Waals surface area (Å²) >= 11 is 12.2. The van der Waals surface area contributed by atoms with Crippen LogP contribution in [0.15, 0.2) is 42.5 Å². The molecule has 0 saturated heterocycles. The summed E-state index contributed by atoms with van der Waals surface area (Å²) in [6.45, 7) is 6.92. The number of benzene rings is 2. The topological polar surface area (TPSA) is 86.8 Å². The van der Waals surface area contributed by atoms with Gasteiger partial charge in [0.1, 0.15) is 12.6 Å². The number of halogens is 2. The molecule has 0 unspecified atom stereocenters. The Morgan fingerprint density at radius 1 is 1.06 bits per heavy atom. The van der Waals surface area contributed by atoms with Gasteiger partial charge in [-0.15, -0.1) is 0 Å². The molecule has 0 heterocycles. The Labute approximate surface area is 212 Å². The van der Waals surface area contributed by atoms with Crippen LogP contribution < -0.4 is 9.62 Å². The molecule has 2 rings (SSSR count). The molecule has 2 aromatic rings. The Morgan fingerprint density at radius 3 is 2.18 bits per heavy atom. The van der Waals surface area contributed by atoms with Crippen molar-refractivity contribution in [3.63, 3.8) is 0 Å². The number of aryl methyl sites for hydroxylation is 1. The van der Waals surface area contributed by atoms with Crippen LogP contribution in [-0.2, 0) is 26.2 Å². The Kier molecular flexibility index (Phi) is 9.79. The number of rotatable bonds is 10. The molecule has 7 nitrogen and oxygen atoms in total. The van der Waals surface area contributed by atoms with E-state index in [-0.39, 0.29) is 24.2 Å². The monoisotopic (exact) mass is 527 g/mol. The fraction of sp³-hybridized carbons (Fsp3) is 0.417. The molecule has 186 valence electrons. The molecule has 0 aliphatic carbocycles. The van der Waals surface area contributed by atoms with Gasteiger partial charge in [-0.3, -0.25) is 13.9 Å². The highest BCUT2D eigenvalue weighted by Crippen LogP contribution is 2.25. The van der Waals surface area contributed by atoms with Gasteiger partial charge in [-0.05, 0) is 62.6 Å². The highest BCUT2D eigenvalue weighted by Gasteiger charge is 2.32. The highest BCUT2D eigenvalue weighted by molar-refractivity contribution is 7.92. The van der Waals surface area contributed by atoms with E-state index >= 15 is 0 Å². The number of anilines is 1. The SMILES string of the molecule is CC[C@@H](C(=O)NC(C)C)N(Cc1ccc(Cl)cc1)C(=O)CN(c1ccc(C)c(Cl)c1)S(C)(=O)=O. The zero-order valence-electron chi connectivity index (χ0n) is 20.0. The molecule has 34 heavy (non-hydrogen) atoms. The number of amides is 2. The van der Waals surface area contributed by atoms with Crippen molar-refractivity contribution in [2.75, 3.05) is 17.1 Å². The molecule has 0 aromatic heterocycles. The number of sulfonamides is 1. The summed E-state index contributed by atoms with van der Waals surface area (Å²) in [6, 6.07) is 10.8. The Morgan fingerprint density at radius 2 is 1.68 bits per heavy atom. The lowest BCUT2D eigenvalue weighted by Gasteiger charge is -2.33. The quantitative estimate of drug-likeness (QED) is 0.495. The lowest BCUT2D eigenvalue weighted by atomic mass is 10.1. The van der Waals surface area contributed by atoms with E-state index < -0.39 is 28.5 Å². The predicted octanol–water partition coefficient (Wildman–Crippen LogP) is 4.40. The summed E-state index contributed by atoms with van der Waals surface area (Å²) in [7, 11) is -3.82. The van der Waals surface area contributed by atoms with Gasteiger partial charge in [0, 0.05) is 22.6 Å². The van der Waals surface area contributed by atoms with Gasteiger partial charge in [0.2, 0.25) is 21.8 Å². The lowest BCUT2D eigenvalue weighted by Crippen LogP contribution is -2.53. The molecule has 0 radical (unpaired) electrons. The van der Waals surface area contributed by atoms with Gasteiger partial charge in [-0.2, -0.15) is 0 Å². The average Bonchev–Trinajstić information content (AvgIpc) is 2.74. The van der Waals surface area contributed by atoms with Crippen LogP contribution in [0.2, 0.25) is 10.0 Å². The van der Waals surface area contributed by atoms with E-state index in [0.29, 0.717) is 16.5 Å². The van der Waals surface area contributed by atoms with Crippen molar-refractivity contribution in [1.29, 1.82) is 0 Å². The van der Waals surface area contributed by atoms with Gasteiger partial charge in [-0.25, -0.2) is 8.42 Å². The molecule has 1 N–H and O–H groups in total. The van der Waals surface area contributed by atoms with Gasteiger partial charge in [0.15, 0.2) is 0 Å². The molecule has 0 spiro atoms. The van der Waals surface area contributed by atoms with Crippen molar-refractivity contribution >= 4 is 50.7 Å². The third-order valence-electron chi connectivity index (χ3n) is 5.21. The third kappa shape index (κ3) is 7.61. The maximum absolute atomic E-state index is 13.6. The molecule has 0 saturated carbocycles. The van der Waals surface area contributed by atoms with Crippen LogP contribution in [-0.4, -0.2) is 50.0 Å². The van der Waals surface area contributed by atoms with Crippen molar-refractivity contribution in [2.24, 2.45) is 0 Å². The van der Waals surface area contributed by atoms with E-state index in [2.05, 4.69) is 5.32 Å². The van der Waals surface area contributed by atoms with Crippen LogP contribution in [0.4, 0.5) is 5.69 Å². The van der Waals surface area contributed by atoms with Gasteiger partial charge >= 0.3 is 0 Å². The second-order valence-corrected chi connectivity index (χ2v) is 11.2. The summed E-state index contributed by atoms with van der Waals surface area (Å²) < 4.78 is 26.2. The largest absolute Gasteiger partial charge is 0.352 e. The molecule has 10 heteroatoms. The van der Waals surface area contributed by atoms with Crippen LogP contribution in [0.1, 0.15) is 38.3 Å². The number of hydrogen-bond donors (Lipinski definition) is 1. The molecule has 0 fully saturated rings. The van der Waals surface area contributed by atoms with E-state index in [9.17, 15) is 18.0 Å². The zero-order valence-corrected chi connectivity index (χ0v) is 22.3. The minimum absolute atomic E-state index is 0.115. The average molecular weight is 529 g/mol. The van der Waals surface area contributed by atoms with Crippen LogP contribution in [0.3, 0.4) is 0 Å². The van der Waals surface area contributed by atoms with Crippen LogP contribution in [0.5, 0.6) is 0 Å². The van der Waals surface area contributed by atoms with E-state index in [1.54, 1.807) is 50.2 Å². The van der Waals surface area contributed by atoms with Gasteiger partial charge in [0.25, 0.3) is 0 Å². The first-order valence-electron chi connectivity index (χ1n) is 10.9. The fourth-order valence-electron chi connectivity index (χ4n) is 3.44. The second-order valence-electron chi connectivity index (χ2n) is 8.44. The van der Waals surface area contributed by atoms with Crippen molar-refractivity contribution in [1.82, 2.24) is 10.2 Å². The standard InChI is InChI=1S/C24H31Cl2N3O4S/c1-6-22(24(31)27-16(2)3)28(14-18-8-10-19(25)11-9-18)23(30)15-29(34(5,32)33)20-12-7-17(4)21(26)13-20/h7-13,16,22H,6,14-15H2,1-5H3,(H,27,31)/t22-/m0/s1. The molecular formula is C24H31Cl2N3O4S. The van der Waals surface area contributed by atoms with Crippen molar-refractivity contribution in [2.45, 2.75) is 52.7 Å². The summed E-state index contributed by atoms with van der Waals surface area (Å²) in [5.41, 5.74) is 1.82. The number of hydrogen-bond acceptors (Lipinski definition) is 4. The predicted molar refractivity (Wildman–Crippen MR) is 138 cm³/mol. The first-order chi connectivity index (χ1) is 15.8. The number of carbonyl (C=O) groups excluding carboxylic acids is 2. The minimum atomic E-state index is -3.82. The second kappa shape index (κ2) is 11.9. The molecule has 2 aromatic carbocycles. The third-order valence-corrected chi connectivity index (χ3v) is 7.01. The summed E-state index contributed by atoms with van der Waals surface area (Å²) in [5.74, 6) is -0.813. The normalized spacial score (nSPS) is 12.4. The molecule has 0 aliphatic heterocycles. The number of nitrogens with zero attached hydrogens (tertiary/aromatic N) is 2. The Balaban J connectivity index is 2.45. The van der Waals surface area contributed by atoms with Crippen molar-refractivity contribution in [3.05, 3.63) is 63.6 Å². The van der Waals surface area contributed by atoms with Gasteiger partial charge in [0.05, 0.1) is 11.9 Å². The number of nitrogens with one attached hydrogen (secondary N) is 1. The first-order valence-corrected chi connectivity index (χ1v) is 13.5. The van der Waals surface area contributed by atoms with Crippen molar-refractivity contribution in [3.8, 4) is 0 Å². The van der Waals surface area contributed by atoms with E-state index in [1.165, 1.54) is 11.0 Å². The smallest absolute Gasteiger partial charge is 0.244 e. The fourth-order valence-corrected chi connectivity index (χ4v) is 4.58. The van der Waals surface area contributed by atoms with E-state index in [0.717, 1.165) is 21.7 Å². The number of carbonyl (C=O) groups is 2. The van der Waals surface area contributed by atoms with Crippen molar-refractivity contribution < 1.29 is 18.0 Å². The Hall–Kier alpha value is -2.29. The summed E-state index contributed by atoms with van der Waals surface area (Å²) in [5, 5.41) is 3.78. The van der Waals surface area contributed by atoms with E-state index in [4.69, 9.17) is 23.2 Å². The molecule has 2 amide bonds. The molecular weight excluding hydrogens is 497 g/mol. The highest BCUT2D eigenvalue weighted by atomic mass is 35.5. The lowest BCUT2D eigenvalue weighted by molar-refractivity contribution is -0.140. The Bertz CT molecular complexity index is 1120. The molecule has 0 bridgehead atoms. The summed E-state index contributed by atoms with van der Waals surface area (Å²) in [4.78, 5) is 27.9. The maximum atomic E-state index is 13.6.